The fourth-order valence-corrected chi connectivity index (χ4v) is 7.94. The Balaban J connectivity index is 0.00000224. The number of fused-ring (bicyclic) bond motifs is 2. The van der Waals surface area contributed by atoms with Crippen molar-refractivity contribution < 1.29 is 33.7 Å². The van der Waals surface area contributed by atoms with Crippen LogP contribution in [0.15, 0.2) is 102 Å². The summed E-state index contributed by atoms with van der Waals surface area (Å²) in [5, 5.41) is 8.47. The molecule has 6 aromatic rings. The molecule has 4 heterocycles. The zero-order chi connectivity index (χ0) is 41.6. The van der Waals surface area contributed by atoms with Crippen LogP contribution in [0.4, 0.5) is 21.0 Å². The number of benzene rings is 4. The molecular formula is C45H56N10O7S2. The number of nitrogens with zero attached hydrogens (tertiary/aromatic N) is 5. The summed E-state index contributed by atoms with van der Waals surface area (Å²) in [4.78, 5) is 87.1. The number of methoxy groups -OCH3 is 1. The molecule has 8 rings (SSSR count). The number of alkyl carbamates (subject to hydrolysis) is 1. The zero-order valence-electron chi connectivity index (χ0n) is 34.0. The van der Waals surface area contributed by atoms with Gasteiger partial charge in [-0.25, -0.2) is 24.5 Å². The number of nitrogens with one attached hydrogen (secondary N) is 5. The van der Waals surface area contributed by atoms with Crippen LogP contribution in [0, 0.1) is 0 Å². The molecule has 4 aromatic carbocycles. The number of urea groups is 1. The highest BCUT2D eigenvalue weighted by molar-refractivity contribution is 7.59. The summed E-state index contributed by atoms with van der Waals surface area (Å²) in [7, 11) is 2.62. The van der Waals surface area contributed by atoms with Gasteiger partial charge in [-0.2, -0.15) is 31.9 Å². The van der Waals surface area contributed by atoms with Crippen LogP contribution in [0.1, 0.15) is 87.5 Å². The number of ether oxygens (including phenoxy) is 1. The van der Waals surface area contributed by atoms with E-state index in [-0.39, 0.29) is 65.7 Å². The molecule has 4 atom stereocenters. The highest BCUT2D eigenvalue weighted by Crippen LogP contribution is 2.36. The molecule has 5 amide bonds. The predicted octanol–water partition coefficient (Wildman–Crippen LogP) is 8.35. The molecule has 2 aromatic heterocycles. The minimum Gasteiger partial charge on any atom is -0.453 e. The van der Waals surface area contributed by atoms with Crippen molar-refractivity contribution in [3.05, 3.63) is 120 Å². The average Bonchev–Trinajstić information content (AvgIpc) is 4.10. The van der Waals surface area contributed by atoms with Gasteiger partial charge in [0.15, 0.2) is 6.04 Å². The fraction of sp³-hybridized carbons (Fsp3) is 0.311. The second-order valence-electron chi connectivity index (χ2n) is 14.5. The second kappa shape index (κ2) is 22.7. The number of aromatic amines is 2. The molecule has 19 heteroatoms. The first-order valence-electron chi connectivity index (χ1n) is 19.6. The van der Waals surface area contributed by atoms with Crippen molar-refractivity contribution in [1.29, 1.82) is 0 Å². The summed E-state index contributed by atoms with van der Waals surface area (Å²) in [6.07, 6.45) is 3.41. The Morgan fingerprint density at radius 2 is 1.22 bits per heavy atom. The van der Waals surface area contributed by atoms with Crippen molar-refractivity contribution in [2.45, 2.75) is 64.7 Å². The van der Waals surface area contributed by atoms with Crippen molar-refractivity contribution in [1.82, 2.24) is 35.1 Å². The summed E-state index contributed by atoms with van der Waals surface area (Å²) >= 11 is 0. The number of rotatable bonds is 12. The van der Waals surface area contributed by atoms with Gasteiger partial charge < -0.3 is 45.3 Å². The Morgan fingerprint density at radius 3 is 1.72 bits per heavy atom. The lowest BCUT2D eigenvalue weighted by molar-refractivity contribution is -0.188. The molecule has 2 aliphatic heterocycles. The quantitative estimate of drug-likeness (QED) is 0.0345. The van der Waals surface area contributed by atoms with Gasteiger partial charge in [-0.05, 0) is 73.2 Å². The average molecular weight is 913 g/mol. The lowest BCUT2D eigenvalue weighted by atomic mass is 10.1. The van der Waals surface area contributed by atoms with Crippen molar-refractivity contribution >= 4 is 90.8 Å². The predicted molar refractivity (Wildman–Crippen MR) is 257 cm³/mol. The van der Waals surface area contributed by atoms with Crippen LogP contribution in [0.2, 0.25) is 0 Å². The van der Waals surface area contributed by atoms with Gasteiger partial charge in [0.1, 0.15) is 17.7 Å². The molecule has 2 saturated heterocycles. The molecule has 0 bridgehead atoms. The third-order valence-corrected chi connectivity index (χ3v) is 10.7. The summed E-state index contributed by atoms with van der Waals surface area (Å²) in [6, 6.07) is 26.2. The van der Waals surface area contributed by atoms with E-state index in [1.54, 1.807) is 52.3 Å². The molecule has 5 N–H and O–H groups in total. The molecule has 2 aliphatic rings. The van der Waals surface area contributed by atoms with Crippen molar-refractivity contribution in [3.8, 4) is 0 Å². The lowest BCUT2D eigenvalue weighted by Gasteiger charge is -2.28. The van der Waals surface area contributed by atoms with Gasteiger partial charge in [0, 0.05) is 24.5 Å². The summed E-state index contributed by atoms with van der Waals surface area (Å²) < 4.78 is 4.81. The number of anilines is 2. The number of likely N-dealkylation sites (tertiary alicyclic amines) is 2. The van der Waals surface area contributed by atoms with Gasteiger partial charge in [-0.15, -0.1) is 0 Å². The van der Waals surface area contributed by atoms with Crippen molar-refractivity contribution in [3.63, 3.8) is 0 Å². The third-order valence-electron chi connectivity index (χ3n) is 10.7. The lowest BCUT2D eigenvalue weighted by Crippen LogP contribution is -2.42. The third kappa shape index (κ3) is 11.0. The van der Waals surface area contributed by atoms with Gasteiger partial charge in [0.05, 0.1) is 48.4 Å². The van der Waals surface area contributed by atoms with Gasteiger partial charge in [0.25, 0.3) is 11.8 Å². The maximum absolute atomic E-state index is 13.9. The Kier molecular flexibility index (Phi) is 17.7. The number of hydrogen-bond acceptors (Lipinski definition) is 10. The van der Waals surface area contributed by atoms with Crippen LogP contribution in [0.25, 0.3) is 22.1 Å². The molecular weight excluding hydrogens is 857 g/mol. The van der Waals surface area contributed by atoms with Crippen LogP contribution in [-0.4, -0.2) is 87.4 Å². The van der Waals surface area contributed by atoms with Crippen molar-refractivity contribution in [2.24, 2.45) is 4.99 Å². The number of aromatic nitrogens is 4. The summed E-state index contributed by atoms with van der Waals surface area (Å²) in [6.45, 7) is 1.05. The van der Waals surface area contributed by atoms with Gasteiger partial charge in [0.2, 0.25) is 6.40 Å². The van der Waals surface area contributed by atoms with Crippen LogP contribution < -0.4 is 16.0 Å². The Morgan fingerprint density at radius 1 is 0.719 bits per heavy atom. The Bertz CT molecular complexity index is 2540. The van der Waals surface area contributed by atoms with Gasteiger partial charge in [-0.1, -0.05) is 75.5 Å². The van der Waals surface area contributed by atoms with E-state index < -0.39 is 24.2 Å². The largest absolute Gasteiger partial charge is 0.453 e. The van der Waals surface area contributed by atoms with E-state index in [0.29, 0.717) is 70.2 Å². The molecule has 340 valence electrons. The first-order valence-corrected chi connectivity index (χ1v) is 19.6. The number of hydrogen-bond donors (Lipinski definition) is 5. The first-order chi connectivity index (χ1) is 29.3. The van der Waals surface area contributed by atoms with E-state index in [1.165, 1.54) is 14.2 Å². The topological polar surface area (TPSA) is 208 Å². The van der Waals surface area contributed by atoms with Crippen LogP contribution in [0.3, 0.4) is 0 Å². The monoisotopic (exact) mass is 912 g/mol. The Labute approximate surface area is 385 Å². The minimum atomic E-state index is -0.927. The molecule has 0 saturated carbocycles. The van der Waals surface area contributed by atoms with E-state index in [4.69, 9.17) is 19.6 Å². The number of amides is 5. The van der Waals surface area contributed by atoms with Crippen LogP contribution >= 0.6 is 27.0 Å². The maximum Gasteiger partial charge on any atom is 0.407 e. The summed E-state index contributed by atoms with van der Waals surface area (Å²) in [5.41, 5.74) is 5.20. The highest BCUT2D eigenvalue weighted by Gasteiger charge is 2.38. The maximum atomic E-state index is 13.9. The van der Waals surface area contributed by atoms with E-state index in [0.717, 1.165) is 31.2 Å². The van der Waals surface area contributed by atoms with Crippen LogP contribution in [0.5, 0.6) is 0 Å². The fourth-order valence-electron chi connectivity index (χ4n) is 7.94. The molecule has 0 unspecified atom stereocenters. The van der Waals surface area contributed by atoms with E-state index in [9.17, 15) is 19.2 Å². The molecule has 0 radical (unpaired) electrons. The molecule has 0 spiro atoms. The van der Waals surface area contributed by atoms with Gasteiger partial charge >= 0.3 is 12.1 Å². The normalized spacial score (nSPS) is 16.4. The van der Waals surface area contributed by atoms with E-state index in [2.05, 4.69) is 35.8 Å². The zero-order valence-corrected chi connectivity index (χ0v) is 36.0. The number of carbonyl (C=O) groups is 4. The van der Waals surface area contributed by atoms with Gasteiger partial charge in [-0.3, -0.25) is 9.59 Å². The SMILES string of the molecule is C.C.COOC=N[C@@H](C(=O)N1CCC[C@H]1c1nc2ccc(NC(=O)Nc3ccc4nc([C@@H]5CCCN5C(=O)[C@H](NC(=O)OC)c5ccccc5)[nH]c4c3)cc2[nH]1)c1ccccc1.S.S. The molecule has 64 heavy (non-hydrogen) atoms. The van der Waals surface area contributed by atoms with E-state index in [1.807, 2.05) is 54.6 Å². The smallest absolute Gasteiger partial charge is 0.407 e. The molecule has 2 fully saturated rings. The van der Waals surface area contributed by atoms with Crippen molar-refractivity contribution in [2.75, 3.05) is 37.9 Å². The Hall–Kier alpha value is -6.57. The minimum absolute atomic E-state index is 0. The number of aliphatic imine (C=N–C) groups is 1. The van der Waals surface area contributed by atoms with E-state index >= 15 is 0 Å². The number of H-pyrrole nitrogens is 2. The molecule has 17 nitrogen and oxygen atoms in total. The second-order valence-corrected chi connectivity index (χ2v) is 14.5. The standard InChI is InChI=1S/C43H44N10O7.2CH4.2H2S/c1-58-43(57)51-37(27-13-7-4-8-14-27)41(55)53-22-10-16-35(53)39-48-31-20-18-29(24-33(31)50-39)46-42(56)45-28-17-19-30-32(23-28)49-38(47-30)34-15-9-21-52(34)40(54)36(44-25-60-59-2)26-11-5-3-6-12-26;;;;/h3-8,11-14,17-20,23-25,34-37H,9-10,15-16,21-22H2,1-2H3,(H,47,49)(H,48,50)(H,51,57)(H2,45,46,56);2*1H4;2*1H2/t34-,35-,36+,37+;;;;/m0..../s1. The highest BCUT2D eigenvalue weighted by atomic mass is 32.1. The number of carbonyl (C=O) groups excluding carboxylic acids is 4. The molecule has 0 aliphatic carbocycles. The number of imidazole rings is 2. The van der Waals surface area contributed by atoms with Crippen LogP contribution in [-0.2, 0) is 24.1 Å². The first kappa shape index (κ1) is 50.1. The summed E-state index contributed by atoms with van der Waals surface area (Å²) in [5.74, 6) is 0.816.